The first-order chi connectivity index (χ1) is 15.3. The Bertz CT molecular complexity index is 1060. The number of carbonyl (C=O) groups is 1. The summed E-state index contributed by atoms with van der Waals surface area (Å²) in [6.45, 7) is 2.45. The van der Waals surface area contributed by atoms with Crippen molar-refractivity contribution >= 4 is 27.3 Å². The Balaban J connectivity index is 1.25. The molecule has 4 bridgehead atoms. The van der Waals surface area contributed by atoms with Gasteiger partial charge in [-0.15, -0.1) is 0 Å². The van der Waals surface area contributed by atoms with Crippen LogP contribution in [0.3, 0.4) is 0 Å². The lowest BCUT2D eigenvalue weighted by atomic mass is 9.49. The number of rotatable bonds is 7. The zero-order chi connectivity index (χ0) is 22.3. The van der Waals surface area contributed by atoms with Crippen molar-refractivity contribution in [1.29, 1.82) is 0 Å². The van der Waals surface area contributed by atoms with Crippen molar-refractivity contribution < 1.29 is 17.9 Å². The molecular formula is C25H30N2O4S. The second-order valence-electron chi connectivity index (χ2n) is 9.74. The fraction of sp³-hybridized carbons (Fsp3) is 0.480. The number of benzene rings is 2. The predicted octanol–water partition coefficient (Wildman–Crippen LogP) is 5.04. The zero-order valence-electron chi connectivity index (χ0n) is 18.3. The lowest BCUT2D eigenvalue weighted by Crippen LogP contribution is -2.51. The molecule has 4 fully saturated rings. The predicted molar refractivity (Wildman–Crippen MR) is 124 cm³/mol. The number of carbonyl (C=O) groups excluding carboxylic acids is 1. The van der Waals surface area contributed by atoms with Crippen LogP contribution in [0.1, 0.15) is 45.4 Å². The van der Waals surface area contributed by atoms with Gasteiger partial charge < -0.3 is 10.1 Å². The summed E-state index contributed by atoms with van der Waals surface area (Å²) in [7, 11) is -3.72. The molecule has 1 amide bonds. The van der Waals surface area contributed by atoms with E-state index in [0.717, 1.165) is 19.3 Å². The van der Waals surface area contributed by atoms with E-state index in [4.69, 9.17) is 4.74 Å². The Labute approximate surface area is 189 Å². The molecule has 0 aliphatic heterocycles. The van der Waals surface area contributed by atoms with E-state index in [2.05, 4.69) is 10.0 Å². The van der Waals surface area contributed by atoms with Crippen molar-refractivity contribution in [3.63, 3.8) is 0 Å². The van der Waals surface area contributed by atoms with E-state index in [1.807, 2.05) is 6.92 Å². The van der Waals surface area contributed by atoms with Crippen molar-refractivity contribution in [3.05, 3.63) is 48.5 Å². The molecule has 0 radical (unpaired) electrons. The van der Waals surface area contributed by atoms with Crippen LogP contribution in [0.4, 0.5) is 11.4 Å². The maximum absolute atomic E-state index is 13.2. The van der Waals surface area contributed by atoms with Crippen LogP contribution in [0.5, 0.6) is 5.75 Å². The summed E-state index contributed by atoms with van der Waals surface area (Å²) in [6.07, 6.45) is 6.89. The minimum atomic E-state index is -3.72. The van der Waals surface area contributed by atoms with E-state index >= 15 is 0 Å². The standard InChI is InChI=1S/C25H30N2O4S/c1-2-31-22-7-3-21(4-8-22)27-32(29,30)23-9-5-20(6-10-23)26-24(28)25-14-17-11-18(15-25)13-19(12-17)16-25/h3-10,17-19,27H,2,11-16H2,1H3,(H,26,28). The first-order valence-corrected chi connectivity index (χ1v) is 13.0. The molecule has 6 rings (SSSR count). The second kappa shape index (κ2) is 8.10. The first-order valence-electron chi connectivity index (χ1n) is 11.5. The fourth-order valence-corrected chi connectivity index (χ4v) is 7.43. The van der Waals surface area contributed by atoms with Crippen molar-refractivity contribution in [1.82, 2.24) is 0 Å². The molecule has 6 nitrogen and oxygen atoms in total. The molecule has 170 valence electrons. The summed E-state index contributed by atoms with van der Waals surface area (Å²) in [6, 6.07) is 13.2. The molecule has 0 aromatic heterocycles. The van der Waals surface area contributed by atoms with Crippen molar-refractivity contribution in [2.75, 3.05) is 16.6 Å². The van der Waals surface area contributed by atoms with Crippen LogP contribution >= 0.6 is 0 Å². The van der Waals surface area contributed by atoms with Crippen LogP contribution in [0.15, 0.2) is 53.4 Å². The molecule has 32 heavy (non-hydrogen) atoms. The highest BCUT2D eigenvalue weighted by Gasteiger charge is 2.54. The monoisotopic (exact) mass is 454 g/mol. The average Bonchev–Trinajstić information content (AvgIpc) is 2.74. The van der Waals surface area contributed by atoms with Crippen molar-refractivity contribution in [3.8, 4) is 5.75 Å². The van der Waals surface area contributed by atoms with Gasteiger partial charge in [0.05, 0.1) is 16.9 Å². The molecule has 7 heteroatoms. The van der Waals surface area contributed by atoms with E-state index < -0.39 is 10.0 Å². The normalized spacial score (nSPS) is 28.3. The number of sulfonamides is 1. The fourth-order valence-electron chi connectivity index (χ4n) is 6.37. The van der Waals surface area contributed by atoms with Gasteiger partial charge in [-0.05, 0) is 112 Å². The maximum atomic E-state index is 13.2. The third-order valence-electron chi connectivity index (χ3n) is 7.36. The number of anilines is 2. The number of nitrogens with one attached hydrogen (secondary N) is 2. The summed E-state index contributed by atoms with van der Waals surface area (Å²) >= 11 is 0. The van der Waals surface area contributed by atoms with Gasteiger partial charge in [0, 0.05) is 11.4 Å². The molecule has 4 aliphatic rings. The lowest BCUT2D eigenvalue weighted by Gasteiger charge is -2.55. The van der Waals surface area contributed by atoms with E-state index in [0.29, 0.717) is 41.5 Å². The van der Waals surface area contributed by atoms with Gasteiger partial charge in [-0.3, -0.25) is 9.52 Å². The summed E-state index contributed by atoms with van der Waals surface area (Å²) in [5.74, 6) is 2.91. The van der Waals surface area contributed by atoms with Gasteiger partial charge in [0.25, 0.3) is 10.0 Å². The van der Waals surface area contributed by atoms with Crippen LogP contribution in [-0.2, 0) is 14.8 Å². The highest BCUT2D eigenvalue weighted by molar-refractivity contribution is 7.92. The van der Waals surface area contributed by atoms with Gasteiger partial charge >= 0.3 is 0 Å². The first kappa shape index (κ1) is 21.3. The second-order valence-corrected chi connectivity index (χ2v) is 11.4. The van der Waals surface area contributed by atoms with E-state index in [9.17, 15) is 13.2 Å². The molecule has 2 aromatic rings. The largest absolute Gasteiger partial charge is 0.494 e. The van der Waals surface area contributed by atoms with Gasteiger partial charge in [-0.25, -0.2) is 8.42 Å². The maximum Gasteiger partial charge on any atom is 0.261 e. The molecule has 0 spiro atoms. The number of ether oxygens (including phenoxy) is 1. The molecule has 0 saturated heterocycles. The lowest BCUT2D eigenvalue weighted by molar-refractivity contribution is -0.140. The van der Waals surface area contributed by atoms with E-state index in [-0.39, 0.29) is 16.2 Å². The van der Waals surface area contributed by atoms with Gasteiger partial charge in [0.2, 0.25) is 5.91 Å². The van der Waals surface area contributed by atoms with Crippen LogP contribution in [0.2, 0.25) is 0 Å². The van der Waals surface area contributed by atoms with Crippen LogP contribution < -0.4 is 14.8 Å². The van der Waals surface area contributed by atoms with Gasteiger partial charge in [-0.1, -0.05) is 0 Å². The van der Waals surface area contributed by atoms with Crippen LogP contribution in [0, 0.1) is 23.2 Å². The Morgan fingerprint density at radius 1 is 0.906 bits per heavy atom. The third-order valence-corrected chi connectivity index (χ3v) is 8.76. The molecule has 0 heterocycles. The summed E-state index contributed by atoms with van der Waals surface area (Å²) in [4.78, 5) is 13.4. The van der Waals surface area contributed by atoms with Gasteiger partial charge in [0.1, 0.15) is 5.75 Å². The molecule has 0 atom stereocenters. The average molecular weight is 455 g/mol. The van der Waals surface area contributed by atoms with Crippen LogP contribution in [0.25, 0.3) is 0 Å². The molecule has 4 saturated carbocycles. The zero-order valence-corrected chi connectivity index (χ0v) is 19.2. The summed E-state index contributed by atoms with van der Waals surface area (Å²) in [5, 5.41) is 3.08. The number of hydrogen-bond donors (Lipinski definition) is 2. The Hall–Kier alpha value is -2.54. The summed E-state index contributed by atoms with van der Waals surface area (Å²) in [5.41, 5.74) is 0.882. The highest BCUT2D eigenvalue weighted by atomic mass is 32.2. The minimum absolute atomic E-state index is 0.111. The minimum Gasteiger partial charge on any atom is -0.494 e. The van der Waals surface area contributed by atoms with E-state index in [1.165, 1.54) is 31.4 Å². The Kier molecular flexibility index (Phi) is 5.40. The molecule has 4 aliphatic carbocycles. The third kappa shape index (κ3) is 4.10. The highest BCUT2D eigenvalue weighted by Crippen LogP contribution is 2.60. The molecular weight excluding hydrogens is 424 g/mol. The van der Waals surface area contributed by atoms with Crippen LogP contribution in [-0.4, -0.2) is 20.9 Å². The smallest absolute Gasteiger partial charge is 0.261 e. The topological polar surface area (TPSA) is 84.5 Å². The van der Waals surface area contributed by atoms with Gasteiger partial charge in [0.15, 0.2) is 0 Å². The summed E-state index contributed by atoms with van der Waals surface area (Å²) < 4.78 is 33.5. The van der Waals surface area contributed by atoms with Crippen molar-refractivity contribution in [2.24, 2.45) is 23.2 Å². The quantitative estimate of drug-likeness (QED) is 0.614. The SMILES string of the molecule is CCOc1ccc(NS(=O)(=O)c2ccc(NC(=O)C34CC5CC(CC(C5)C3)C4)cc2)cc1. The van der Waals surface area contributed by atoms with Crippen molar-refractivity contribution in [2.45, 2.75) is 50.3 Å². The van der Waals surface area contributed by atoms with E-state index in [1.54, 1.807) is 36.4 Å². The molecule has 0 unspecified atom stereocenters. The molecule has 2 N–H and O–H groups in total. The molecule has 2 aromatic carbocycles. The Morgan fingerprint density at radius 2 is 1.44 bits per heavy atom. The van der Waals surface area contributed by atoms with Gasteiger partial charge in [-0.2, -0.15) is 0 Å². The number of hydrogen-bond acceptors (Lipinski definition) is 4. The number of amides is 1. The Morgan fingerprint density at radius 3 is 1.97 bits per heavy atom.